The van der Waals surface area contributed by atoms with E-state index >= 15 is 0 Å². The molecule has 0 saturated carbocycles. The number of aryl methyl sites for hydroxylation is 1. The average Bonchev–Trinajstić information content (AvgIpc) is 3.29. The molecule has 10 heteroatoms. The average molecular weight is 482 g/mol. The zero-order valence-corrected chi connectivity index (χ0v) is 21.1. The molecule has 0 spiro atoms. The number of hydrogen-bond donors (Lipinski definition) is 3. The van der Waals surface area contributed by atoms with Gasteiger partial charge in [0.05, 0.1) is 0 Å². The van der Waals surface area contributed by atoms with E-state index in [1.165, 1.54) is 0 Å². The summed E-state index contributed by atoms with van der Waals surface area (Å²) in [5.74, 6) is 4.47. The van der Waals surface area contributed by atoms with Crippen LogP contribution in [0.4, 0.5) is 17.5 Å². The summed E-state index contributed by atoms with van der Waals surface area (Å²) in [6.45, 7) is 9.60. The lowest BCUT2D eigenvalue weighted by molar-refractivity contribution is -0.137. The van der Waals surface area contributed by atoms with E-state index < -0.39 is 0 Å². The van der Waals surface area contributed by atoms with Crippen LogP contribution in [-0.2, 0) is 11.2 Å². The number of aromatic amines is 1. The van der Waals surface area contributed by atoms with Gasteiger partial charge in [0.1, 0.15) is 17.5 Å². The molecule has 3 aliphatic rings. The van der Waals surface area contributed by atoms with Gasteiger partial charge < -0.3 is 25.3 Å². The summed E-state index contributed by atoms with van der Waals surface area (Å²) in [5, 5.41) is 14.0. The summed E-state index contributed by atoms with van der Waals surface area (Å²) >= 11 is 0. The van der Waals surface area contributed by atoms with Crippen molar-refractivity contribution < 1.29 is 4.79 Å². The Hall–Kier alpha value is -2.72. The van der Waals surface area contributed by atoms with Crippen LogP contribution in [0.2, 0.25) is 0 Å². The van der Waals surface area contributed by atoms with Gasteiger partial charge in [0.2, 0.25) is 5.91 Å². The summed E-state index contributed by atoms with van der Waals surface area (Å²) in [4.78, 5) is 29.6. The monoisotopic (exact) mass is 481 g/mol. The van der Waals surface area contributed by atoms with Crippen LogP contribution in [-0.4, -0.2) is 95.3 Å². The van der Waals surface area contributed by atoms with Crippen molar-refractivity contribution in [3.05, 3.63) is 23.7 Å². The van der Waals surface area contributed by atoms with Crippen molar-refractivity contribution >= 4 is 23.4 Å². The zero-order valence-electron chi connectivity index (χ0n) is 21.1. The number of anilines is 3. The van der Waals surface area contributed by atoms with Gasteiger partial charge >= 0.3 is 0 Å². The van der Waals surface area contributed by atoms with Gasteiger partial charge in [-0.05, 0) is 58.7 Å². The van der Waals surface area contributed by atoms with Gasteiger partial charge in [-0.3, -0.25) is 9.89 Å². The highest BCUT2D eigenvalue weighted by Gasteiger charge is 2.29. The molecule has 10 nitrogen and oxygen atoms in total. The number of H-pyrrole nitrogens is 1. The highest BCUT2D eigenvalue weighted by molar-refractivity contribution is 5.79. The molecule has 190 valence electrons. The quantitative estimate of drug-likeness (QED) is 0.574. The molecule has 2 aromatic heterocycles. The number of hydrogen-bond acceptors (Lipinski definition) is 8. The van der Waals surface area contributed by atoms with Crippen molar-refractivity contribution in [2.45, 2.75) is 39.0 Å². The minimum absolute atomic E-state index is 0.204. The normalized spacial score (nSPS) is 20.9. The van der Waals surface area contributed by atoms with Crippen molar-refractivity contribution in [3.63, 3.8) is 0 Å². The fourth-order valence-electron chi connectivity index (χ4n) is 5.39. The highest BCUT2D eigenvalue weighted by Crippen LogP contribution is 2.26. The SMILES string of the molecule is Cc1cc(Nc2cc(N3CCN(C)CC3)nc(CC3CCN(C(=O)C4CCNCC4)CC3)n2)n[nH]1. The molecule has 2 aromatic rings. The molecule has 0 aliphatic carbocycles. The number of nitrogens with zero attached hydrogens (tertiary/aromatic N) is 6. The van der Waals surface area contributed by atoms with E-state index in [9.17, 15) is 4.79 Å². The van der Waals surface area contributed by atoms with E-state index in [2.05, 4.69) is 42.6 Å². The van der Waals surface area contributed by atoms with E-state index in [1.54, 1.807) is 0 Å². The number of amides is 1. The van der Waals surface area contributed by atoms with Crippen LogP contribution in [0.3, 0.4) is 0 Å². The van der Waals surface area contributed by atoms with Crippen LogP contribution in [0.5, 0.6) is 0 Å². The molecule has 3 aliphatic heterocycles. The molecule has 0 atom stereocenters. The Morgan fingerprint density at radius 3 is 2.43 bits per heavy atom. The van der Waals surface area contributed by atoms with Gasteiger partial charge in [-0.1, -0.05) is 0 Å². The van der Waals surface area contributed by atoms with Gasteiger partial charge in [0, 0.05) is 69.4 Å². The molecule has 5 heterocycles. The molecule has 0 aromatic carbocycles. The van der Waals surface area contributed by atoms with Crippen molar-refractivity contribution in [2.24, 2.45) is 11.8 Å². The number of carbonyl (C=O) groups is 1. The van der Waals surface area contributed by atoms with Gasteiger partial charge in [-0.15, -0.1) is 0 Å². The molecule has 1 amide bonds. The van der Waals surface area contributed by atoms with Gasteiger partial charge in [0.15, 0.2) is 5.82 Å². The largest absolute Gasteiger partial charge is 0.354 e. The number of piperazine rings is 1. The summed E-state index contributed by atoms with van der Waals surface area (Å²) in [6.07, 6.45) is 4.81. The van der Waals surface area contributed by atoms with Crippen LogP contribution in [0.15, 0.2) is 12.1 Å². The van der Waals surface area contributed by atoms with Crippen LogP contribution >= 0.6 is 0 Å². The third-order valence-electron chi connectivity index (χ3n) is 7.63. The second-order valence-electron chi connectivity index (χ2n) is 10.4. The number of likely N-dealkylation sites (N-methyl/N-ethyl adjacent to an activating group) is 1. The predicted molar refractivity (Wildman–Crippen MR) is 137 cm³/mol. The lowest BCUT2D eigenvalue weighted by Gasteiger charge is -2.35. The van der Waals surface area contributed by atoms with Crippen molar-refractivity contribution in [3.8, 4) is 0 Å². The van der Waals surface area contributed by atoms with E-state index in [-0.39, 0.29) is 5.92 Å². The number of aromatic nitrogens is 4. The molecule has 3 fully saturated rings. The predicted octanol–water partition coefficient (Wildman–Crippen LogP) is 1.78. The first kappa shape index (κ1) is 24.0. The highest BCUT2D eigenvalue weighted by atomic mass is 16.2. The van der Waals surface area contributed by atoms with E-state index in [4.69, 9.17) is 9.97 Å². The third kappa shape index (κ3) is 6.10. The summed E-state index contributed by atoms with van der Waals surface area (Å²) in [7, 11) is 2.16. The number of nitrogens with one attached hydrogen (secondary N) is 3. The topological polar surface area (TPSA) is 105 Å². The molecule has 0 bridgehead atoms. The van der Waals surface area contributed by atoms with Crippen LogP contribution < -0.4 is 15.5 Å². The Bertz CT molecular complexity index is 987. The molecule has 5 rings (SSSR count). The first-order valence-electron chi connectivity index (χ1n) is 13.1. The van der Waals surface area contributed by atoms with Crippen molar-refractivity contribution in [1.82, 2.24) is 35.3 Å². The first-order valence-corrected chi connectivity index (χ1v) is 13.1. The van der Waals surface area contributed by atoms with Crippen LogP contribution in [0.25, 0.3) is 0 Å². The Kier molecular flexibility index (Phi) is 7.48. The summed E-state index contributed by atoms with van der Waals surface area (Å²) < 4.78 is 0. The molecule has 35 heavy (non-hydrogen) atoms. The van der Waals surface area contributed by atoms with Crippen molar-refractivity contribution in [2.75, 3.05) is 69.6 Å². The van der Waals surface area contributed by atoms with E-state index in [0.29, 0.717) is 11.8 Å². The van der Waals surface area contributed by atoms with Gasteiger partial charge in [-0.25, -0.2) is 9.97 Å². The Balaban J connectivity index is 1.25. The zero-order chi connectivity index (χ0) is 24.2. The molecule has 0 unspecified atom stereocenters. The minimum Gasteiger partial charge on any atom is -0.354 e. The molecular weight excluding hydrogens is 442 g/mol. The van der Waals surface area contributed by atoms with E-state index in [1.807, 2.05) is 19.1 Å². The van der Waals surface area contributed by atoms with Crippen LogP contribution in [0.1, 0.15) is 37.2 Å². The fourth-order valence-corrected chi connectivity index (χ4v) is 5.39. The third-order valence-corrected chi connectivity index (χ3v) is 7.63. The first-order chi connectivity index (χ1) is 17.0. The smallest absolute Gasteiger partial charge is 0.225 e. The van der Waals surface area contributed by atoms with Crippen molar-refractivity contribution in [1.29, 1.82) is 0 Å². The minimum atomic E-state index is 0.204. The molecule has 3 N–H and O–H groups in total. The Labute approximate surface area is 207 Å². The van der Waals surface area contributed by atoms with E-state index in [0.717, 1.165) is 113 Å². The molecule has 0 radical (unpaired) electrons. The maximum atomic E-state index is 12.9. The number of rotatable bonds is 6. The molecule has 3 saturated heterocycles. The van der Waals surface area contributed by atoms with Gasteiger partial charge in [-0.2, -0.15) is 5.10 Å². The molecular formula is C25H39N9O. The number of piperidine rings is 2. The lowest BCUT2D eigenvalue weighted by Crippen LogP contribution is -2.45. The van der Waals surface area contributed by atoms with Crippen LogP contribution in [0, 0.1) is 18.8 Å². The Morgan fingerprint density at radius 2 is 1.74 bits per heavy atom. The number of likely N-dealkylation sites (tertiary alicyclic amines) is 1. The second-order valence-corrected chi connectivity index (χ2v) is 10.4. The standard InChI is InChI=1S/C25H39N9O/c1-18-15-23(31-30-18)28-22-17-24(33-13-11-32(2)12-14-33)29-21(27-22)16-19-5-9-34(10-6-19)25(35)20-3-7-26-8-4-20/h15,17,19-20,26H,3-14,16H2,1-2H3,(H2,27,28,29,30,31). The summed E-state index contributed by atoms with van der Waals surface area (Å²) in [6, 6.07) is 4.02. The lowest BCUT2D eigenvalue weighted by atomic mass is 9.91. The summed E-state index contributed by atoms with van der Waals surface area (Å²) in [5.41, 5.74) is 1.01. The Morgan fingerprint density at radius 1 is 1.00 bits per heavy atom. The maximum Gasteiger partial charge on any atom is 0.225 e. The maximum absolute atomic E-state index is 12.9. The fraction of sp³-hybridized carbons (Fsp3) is 0.680. The second kappa shape index (κ2) is 10.9. The number of carbonyl (C=O) groups excluding carboxylic acids is 1. The van der Waals surface area contributed by atoms with Gasteiger partial charge in [0.25, 0.3) is 0 Å².